The summed E-state index contributed by atoms with van der Waals surface area (Å²) in [4.78, 5) is 0. The summed E-state index contributed by atoms with van der Waals surface area (Å²) in [6.45, 7) is 8.01. The van der Waals surface area contributed by atoms with Crippen LogP contribution in [0.1, 0.15) is 40.0 Å². The molecule has 1 saturated heterocycles. The molecule has 0 spiro atoms. The molecule has 0 aliphatic carbocycles. The Hall–Kier alpha value is -0.130. The number of hydrogen-bond donors (Lipinski definition) is 2. The second-order valence-electron chi connectivity index (χ2n) is 5.27. The molecule has 102 valence electrons. The standard InChI is InChI=1S/C12H26N2O2S/c1-4-10(2)11(3)14-17(15,16)9-12-5-7-13-8-6-12/h10-14H,4-9H2,1-3H3. The second-order valence-corrected chi connectivity index (χ2v) is 7.07. The van der Waals surface area contributed by atoms with Crippen molar-refractivity contribution in [3.8, 4) is 0 Å². The fraction of sp³-hybridized carbons (Fsp3) is 1.00. The van der Waals surface area contributed by atoms with E-state index < -0.39 is 10.0 Å². The normalized spacial score (nSPS) is 22.3. The Morgan fingerprint density at radius 3 is 2.41 bits per heavy atom. The summed E-state index contributed by atoms with van der Waals surface area (Å²) in [7, 11) is -3.11. The largest absolute Gasteiger partial charge is 0.317 e. The van der Waals surface area contributed by atoms with Gasteiger partial charge in [0.2, 0.25) is 10.0 Å². The van der Waals surface area contributed by atoms with Crippen molar-refractivity contribution in [3.05, 3.63) is 0 Å². The Morgan fingerprint density at radius 1 is 1.29 bits per heavy atom. The smallest absolute Gasteiger partial charge is 0.212 e. The molecule has 0 radical (unpaired) electrons. The summed E-state index contributed by atoms with van der Waals surface area (Å²) < 4.78 is 26.8. The van der Waals surface area contributed by atoms with E-state index in [1.54, 1.807) is 0 Å². The molecule has 4 nitrogen and oxygen atoms in total. The van der Waals surface area contributed by atoms with Crippen LogP contribution in [0, 0.1) is 11.8 Å². The Morgan fingerprint density at radius 2 is 1.88 bits per heavy atom. The first-order valence-electron chi connectivity index (χ1n) is 6.65. The van der Waals surface area contributed by atoms with E-state index >= 15 is 0 Å². The average molecular weight is 262 g/mol. The van der Waals surface area contributed by atoms with Gasteiger partial charge in [-0.15, -0.1) is 0 Å². The zero-order valence-corrected chi connectivity index (χ0v) is 12.0. The number of piperidine rings is 1. The van der Waals surface area contributed by atoms with Crippen molar-refractivity contribution in [3.63, 3.8) is 0 Å². The Labute approximate surface area is 106 Å². The van der Waals surface area contributed by atoms with Crippen molar-refractivity contribution in [1.82, 2.24) is 10.0 Å². The van der Waals surface area contributed by atoms with E-state index in [0.29, 0.717) is 11.8 Å². The lowest BCUT2D eigenvalue weighted by Crippen LogP contribution is -2.41. The Balaban J connectivity index is 2.44. The molecule has 2 N–H and O–H groups in total. The first kappa shape index (κ1) is 14.9. The van der Waals surface area contributed by atoms with Crippen molar-refractivity contribution in [2.75, 3.05) is 18.8 Å². The molecule has 0 amide bonds. The van der Waals surface area contributed by atoms with Gasteiger partial charge < -0.3 is 5.32 Å². The van der Waals surface area contributed by atoms with E-state index in [2.05, 4.69) is 23.9 Å². The van der Waals surface area contributed by atoms with Gasteiger partial charge in [0, 0.05) is 6.04 Å². The summed E-state index contributed by atoms with van der Waals surface area (Å²) in [5.41, 5.74) is 0. The summed E-state index contributed by atoms with van der Waals surface area (Å²) in [5.74, 6) is 0.991. The average Bonchev–Trinajstić information content (AvgIpc) is 2.27. The van der Waals surface area contributed by atoms with E-state index in [9.17, 15) is 8.42 Å². The van der Waals surface area contributed by atoms with Crippen molar-refractivity contribution in [2.45, 2.75) is 46.1 Å². The lowest BCUT2D eigenvalue weighted by Gasteiger charge is -2.25. The van der Waals surface area contributed by atoms with Crippen molar-refractivity contribution < 1.29 is 8.42 Å². The van der Waals surface area contributed by atoms with Crippen molar-refractivity contribution in [1.29, 1.82) is 0 Å². The van der Waals surface area contributed by atoms with Crippen LogP contribution < -0.4 is 10.0 Å². The molecule has 5 heteroatoms. The zero-order chi connectivity index (χ0) is 12.9. The number of sulfonamides is 1. The van der Waals surface area contributed by atoms with Gasteiger partial charge in [-0.05, 0) is 44.7 Å². The lowest BCUT2D eigenvalue weighted by molar-refractivity contribution is 0.393. The van der Waals surface area contributed by atoms with Gasteiger partial charge in [0.15, 0.2) is 0 Å². The van der Waals surface area contributed by atoms with Crippen molar-refractivity contribution >= 4 is 10.0 Å². The molecule has 0 saturated carbocycles. The van der Waals surface area contributed by atoms with Crippen LogP contribution in [-0.4, -0.2) is 33.3 Å². The molecule has 0 aromatic heterocycles. The molecule has 1 heterocycles. The first-order valence-corrected chi connectivity index (χ1v) is 8.30. The molecule has 17 heavy (non-hydrogen) atoms. The quantitative estimate of drug-likeness (QED) is 0.759. The van der Waals surface area contributed by atoms with E-state index in [1.807, 2.05) is 6.92 Å². The Bertz CT molecular complexity index is 300. The zero-order valence-electron chi connectivity index (χ0n) is 11.2. The van der Waals surface area contributed by atoms with Crippen LogP contribution in [0.5, 0.6) is 0 Å². The maximum Gasteiger partial charge on any atom is 0.212 e. The predicted octanol–water partition coefficient (Wildman–Crippen LogP) is 1.34. The number of rotatable bonds is 6. The van der Waals surface area contributed by atoms with Crippen LogP contribution in [0.2, 0.25) is 0 Å². The third-order valence-corrected chi connectivity index (χ3v) is 5.42. The van der Waals surface area contributed by atoms with Gasteiger partial charge in [-0.1, -0.05) is 20.3 Å². The van der Waals surface area contributed by atoms with E-state index in [1.165, 1.54) is 0 Å². The molecular weight excluding hydrogens is 236 g/mol. The lowest BCUT2D eigenvalue weighted by atomic mass is 10.0. The second kappa shape index (κ2) is 6.71. The highest BCUT2D eigenvalue weighted by Crippen LogP contribution is 2.15. The predicted molar refractivity (Wildman–Crippen MR) is 71.4 cm³/mol. The highest BCUT2D eigenvalue weighted by Gasteiger charge is 2.23. The number of nitrogens with one attached hydrogen (secondary N) is 2. The Kier molecular flexibility index (Phi) is 5.89. The number of hydrogen-bond acceptors (Lipinski definition) is 3. The highest BCUT2D eigenvalue weighted by molar-refractivity contribution is 7.89. The fourth-order valence-electron chi connectivity index (χ4n) is 2.16. The minimum Gasteiger partial charge on any atom is -0.317 e. The van der Waals surface area contributed by atoms with E-state index in [4.69, 9.17) is 0 Å². The van der Waals surface area contributed by atoms with Gasteiger partial charge in [0.25, 0.3) is 0 Å². The summed E-state index contributed by atoms with van der Waals surface area (Å²) >= 11 is 0. The fourth-order valence-corrected chi connectivity index (χ4v) is 4.01. The maximum absolute atomic E-state index is 12.0. The third kappa shape index (κ3) is 5.36. The third-order valence-electron chi connectivity index (χ3n) is 3.78. The summed E-state index contributed by atoms with van der Waals surface area (Å²) in [5, 5.41) is 3.25. The van der Waals surface area contributed by atoms with Crippen LogP contribution in [-0.2, 0) is 10.0 Å². The minimum absolute atomic E-state index is 0.0340. The molecule has 0 aromatic rings. The van der Waals surface area contributed by atoms with Crippen LogP contribution in [0.4, 0.5) is 0 Å². The summed E-state index contributed by atoms with van der Waals surface area (Å²) in [6, 6.07) is 0.0340. The molecule has 1 fully saturated rings. The van der Waals surface area contributed by atoms with E-state index in [0.717, 1.165) is 32.4 Å². The maximum atomic E-state index is 12.0. The molecule has 1 aliphatic heterocycles. The van der Waals surface area contributed by atoms with Crippen LogP contribution in [0.3, 0.4) is 0 Å². The molecule has 0 bridgehead atoms. The molecular formula is C12H26N2O2S. The van der Waals surface area contributed by atoms with Gasteiger partial charge in [0.1, 0.15) is 0 Å². The molecule has 0 aromatic carbocycles. The van der Waals surface area contributed by atoms with Crippen LogP contribution >= 0.6 is 0 Å². The topological polar surface area (TPSA) is 58.2 Å². The summed E-state index contributed by atoms with van der Waals surface area (Å²) in [6.07, 6.45) is 2.94. The SMILES string of the molecule is CCC(C)C(C)NS(=O)(=O)CC1CCNCC1. The first-order chi connectivity index (χ1) is 7.94. The monoisotopic (exact) mass is 262 g/mol. The molecule has 1 rings (SSSR count). The molecule has 1 aliphatic rings. The van der Waals surface area contributed by atoms with Crippen molar-refractivity contribution in [2.24, 2.45) is 11.8 Å². The van der Waals surface area contributed by atoms with Gasteiger partial charge in [-0.3, -0.25) is 0 Å². The molecule has 2 atom stereocenters. The minimum atomic E-state index is -3.11. The van der Waals surface area contributed by atoms with Crippen LogP contribution in [0.25, 0.3) is 0 Å². The van der Waals surface area contributed by atoms with E-state index in [-0.39, 0.29) is 11.8 Å². The van der Waals surface area contributed by atoms with Gasteiger partial charge >= 0.3 is 0 Å². The van der Waals surface area contributed by atoms with Gasteiger partial charge in [-0.2, -0.15) is 0 Å². The molecule has 2 unspecified atom stereocenters. The van der Waals surface area contributed by atoms with Crippen LogP contribution in [0.15, 0.2) is 0 Å². The highest BCUT2D eigenvalue weighted by atomic mass is 32.2. The van der Waals surface area contributed by atoms with Gasteiger partial charge in [-0.25, -0.2) is 13.1 Å². The van der Waals surface area contributed by atoms with Gasteiger partial charge in [0.05, 0.1) is 5.75 Å².